The molecule has 0 saturated carbocycles. The van der Waals surface area contributed by atoms with E-state index in [1.165, 1.54) is 23.8 Å². The highest BCUT2D eigenvalue weighted by Gasteiger charge is 2.39. The Morgan fingerprint density at radius 3 is 2.56 bits per heavy atom. The lowest BCUT2D eigenvalue weighted by Crippen LogP contribution is -2.49. The molecule has 10 heteroatoms. The molecule has 0 aliphatic carbocycles. The standard InChI is InChI=1S/C29H28ClN5O4/c1-18(32-28(38)24-10-6-7-19-11-12-21(30)14-25(19)24)29(39)34(2)17-26(36)35-16-20(13-23(35)15-31)27(37)33-22-8-4-3-5-9-22/h3-12,14,18,20,23H,13,16-17H2,1-2H3,(H,32,38)(H,33,37). The minimum absolute atomic E-state index is 0.0771. The number of likely N-dealkylation sites (tertiary alicyclic amines) is 1. The lowest BCUT2D eigenvalue weighted by Gasteiger charge is -2.26. The number of hydrogen-bond donors (Lipinski definition) is 2. The molecule has 3 atom stereocenters. The normalized spacial score (nSPS) is 17.2. The number of likely N-dealkylation sites (N-methyl/N-ethyl adjacent to an activating group) is 1. The van der Waals surface area contributed by atoms with E-state index in [1.54, 1.807) is 48.5 Å². The maximum atomic E-state index is 13.0. The number of nitrogens with one attached hydrogen (secondary N) is 2. The van der Waals surface area contributed by atoms with Gasteiger partial charge in [0.05, 0.1) is 18.5 Å². The summed E-state index contributed by atoms with van der Waals surface area (Å²) in [5.41, 5.74) is 1.01. The van der Waals surface area contributed by atoms with Crippen LogP contribution in [0.2, 0.25) is 5.02 Å². The number of fused-ring (bicyclic) bond motifs is 1. The van der Waals surface area contributed by atoms with Crippen LogP contribution >= 0.6 is 11.6 Å². The molecule has 9 nitrogen and oxygen atoms in total. The van der Waals surface area contributed by atoms with Gasteiger partial charge in [-0.25, -0.2) is 0 Å². The lowest BCUT2D eigenvalue weighted by atomic mass is 10.0. The molecule has 0 bridgehead atoms. The van der Waals surface area contributed by atoms with E-state index in [-0.39, 0.29) is 25.4 Å². The van der Waals surface area contributed by atoms with Crippen molar-refractivity contribution in [3.63, 3.8) is 0 Å². The van der Waals surface area contributed by atoms with Crippen LogP contribution in [0.4, 0.5) is 5.69 Å². The fourth-order valence-corrected chi connectivity index (χ4v) is 4.84. The first-order valence-corrected chi connectivity index (χ1v) is 12.8. The van der Waals surface area contributed by atoms with Crippen molar-refractivity contribution in [1.29, 1.82) is 5.26 Å². The first-order valence-electron chi connectivity index (χ1n) is 12.5. The number of para-hydroxylation sites is 1. The molecule has 200 valence electrons. The van der Waals surface area contributed by atoms with Crippen LogP contribution in [0.3, 0.4) is 0 Å². The summed E-state index contributed by atoms with van der Waals surface area (Å²) in [5.74, 6) is -2.19. The molecule has 1 saturated heterocycles. The van der Waals surface area contributed by atoms with E-state index in [9.17, 15) is 24.4 Å². The van der Waals surface area contributed by atoms with Crippen LogP contribution in [-0.2, 0) is 14.4 Å². The molecule has 3 aromatic rings. The number of hydrogen-bond acceptors (Lipinski definition) is 5. The second-order valence-electron chi connectivity index (χ2n) is 9.54. The van der Waals surface area contributed by atoms with Crippen molar-refractivity contribution >= 4 is 51.7 Å². The number of benzene rings is 3. The maximum Gasteiger partial charge on any atom is 0.252 e. The summed E-state index contributed by atoms with van der Waals surface area (Å²) in [5, 5.41) is 17.1. The Hall–Kier alpha value is -4.42. The number of nitrogens with zero attached hydrogens (tertiary/aromatic N) is 3. The van der Waals surface area contributed by atoms with Gasteiger partial charge in [-0.15, -0.1) is 0 Å². The van der Waals surface area contributed by atoms with Crippen molar-refractivity contribution in [1.82, 2.24) is 15.1 Å². The zero-order valence-electron chi connectivity index (χ0n) is 21.6. The SMILES string of the molecule is CC(NC(=O)c1cccc2ccc(Cl)cc12)C(=O)N(C)CC(=O)N1CC(C(=O)Nc2ccccc2)CC1C#N. The Bertz CT molecular complexity index is 1460. The molecule has 0 aromatic heterocycles. The summed E-state index contributed by atoms with van der Waals surface area (Å²) in [7, 11) is 1.46. The van der Waals surface area contributed by atoms with Gasteiger partial charge in [-0.1, -0.05) is 48.0 Å². The van der Waals surface area contributed by atoms with Crippen molar-refractivity contribution in [3.8, 4) is 6.07 Å². The van der Waals surface area contributed by atoms with Gasteiger partial charge in [0, 0.05) is 29.9 Å². The Morgan fingerprint density at radius 2 is 1.85 bits per heavy atom. The van der Waals surface area contributed by atoms with Crippen LogP contribution in [0, 0.1) is 17.2 Å². The highest BCUT2D eigenvalue weighted by Crippen LogP contribution is 2.25. The summed E-state index contributed by atoms with van der Waals surface area (Å²) in [6, 6.07) is 19.8. The number of nitriles is 1. The Kier molecular flexibility index (Phi) is 8.47. The fourth-order valence-electron chi connectivity index (χ4n) is 4.67. The van der Waals surface area contributed by atoms with E-state index in [2.05, 4.69) is 16.7 Å². The highest BCUT2D eigenvalue weighted by atomic mass is 35.5. The minimum Gasteiger partial charge on any atom is -0.341 e. The average Bonchev–Trinajstić information content (AvgIpc) is 3.37. The fraction of sp³-hybridized carbons (Fsp3) is 0.276. The molecule has 0 spiro atoms. The Morgan fingerprint density at radius 1 is 1.10 bits per heavy atom. The van der Waals surface area contributed by atoms with Crippen molar-refractivity contribution < 1.29 is 19.2 Å². The molecular formula is C29H28ClN5O4. The monoisotopic (exact) mass is 545 g/mol. The quantitative estimate of drug-likeness (QED) is 0.471. The number of rotatable bonds is 7. The summed E-state index contributed by atoms with van der Waals surface area (Å²) in [6.45, 7) is 1.32. The van der Waals surface area contributed by atoms with Crippen LogP contribution < -0.4 is 10.6 Å². The zero-order chi connectivity index (χ0) is 28.1. The van der Waals surface area contributed by atoms with Gasteiger partial charge in [0.2, 0.25) is 17.7 Å². The Balaban J connectivity index is 1.36. The van der Waals surface area contributed by atoms with E-state index in [4.69, 9.17) is 11.6 Å². The average molecular weight is 546 g/mol. The summed E-state index contributed by atoms with van der Waals surface area (Å²) >= 11 is 6.11. The van der Waals surface area contributed by atoms with Crippen LogP contribution in [0.1, 0.15) is 23.7 Å². The van der Waals surface area contributed by atoms with Gasteiger partial charge in [-0.05, 0) is 54.4 Å². The maximum absolute atomic E-state index is 13.0. The summed E-state index contributed by atoms with van der Waals surface area (Å²) in [6.07, 6.45) is 0.208. The predicted octanol–water partition coefficient (Wildman–Crippen LogP) is 3.45. The van der Waals surface area contributed by atoms with E-state index in [0.717, 1.165) is 5.39 Å². The molecule has 3 aromatic carbocycles. The molecule has 4 amide bonds. The number of carbonyl (C=O) groups is 4. The number of anilines is 1. The zero-order valence-corrected chi connectivity index (χ0v) is 22.3. The number of carbonyl (C=O) groups excluding carboxylic acids is 4. The molecule has 39 heavy (non-hydrogen) atoms. The van der Waals surface area contributed by atoms with Gasteiger partial charge in [0.25, 0.3) is 5.91 Å². The van der Waals surface area contributed by atoms with Crippen molar-refractivity contribution in [2.24, 2.45) is 5.92 Å². The van der Waals surface area contributed by atoms with Crippen molar-refractivity contribution in [2.45, 2.75) is 25.4 Å². The van der Waals surface area contributed by atoms with E-state index < -0.39 is 35.7 Å². The van der Waals surface area contributed by atoms with Crippen molar-refractivity contribution in [2.75, 3.05) is 25.5 Å². The third kappa shape index (κ3) is 6.36. The molecular weight excluding hydrogens is 518 g/mol. The molecule has 0 radical (unpaired) electrons. The summed E-state index contributed by atoms with van der Waals surface area (Å²) in [4.78, 5) is 54.3. The third-order valence-corrected chi connectivity index (χ3v) is 6.97. The summed E-state index contributed by atoms with van der Waals surface area (Å²) < 4.78 is 0. The number of halogens is 1. The van der Waals surface area contributed by atoms with Gasteiger partial charge < -0.3 is 20.4 Å². The molecule has 2 N–H and O–H groups in total. The molecule has 3 unspecified atom stereocenters. The van der Waals surface area contributed by atoms with Gasteiger partial charge >= 0.3 is 0 Å². The van der Waals surface area contributed by atoms with Crippen molar-refractivity contribution in [3.05, 3.63) is 77.3 Å². The molecule has 4 rings (SSSR count). The molecule has 1 aliphatic rings. The van der Waals surface area contributed by atoms with E-state index in [1.807, 2.05) is 18.2 Å². The largest absolute Gasteiger partial charge is 0.341 e. The van der Waals surface area contributed by atoms with Crippen LogP contribution in [-0.4, -0.2) is 65.6 Å². The minimum atomic E-state index is -0.917. The second-order valence-corrected chi connectivity index (χ2v) is 9.98. The van der Waals surface area contributed by atoms with E-state index >= 15 is 0 Å². The smallest absolute Gasteiger partial charge is 0.252 e. The first-order chi connectivity index (χ1) is 18.7. The van der Waals surface area contributed by atoms with Gasteiger partial charge in [-0.2, -0.15) is 5.26 Å². The van der Waals surface area contributed by atoms with E-state index in [0.29, 0.717) is 21.7 Å². The lowest BCUT2D eigenvalue weighted by molar-refractivity contribution is -0.140. The van der Waals surface area contributed by atoms with Crippen LogP contribution in [0.25, 0.3) is 10.8 Å². The number of amides is 4. The van der Waals surface area contributed by atoms with Crippen LogP contribution in [0.15, 0.2) is 66.7 Å². The second kappa shape index (κ2) is 12.0. The van der Waals surface area contributed by atoms with Gasteiger partial charge in [-0.3, -0.25) is 19.2 Å². The Labute approximate surface area is 231 Å². The molecule has 1 heterocycles. The molecule has 1 aliphatic heterocycles. The highest BCUT2D eigenvalue weighted by molar-refractivity contribution is 6.31. The van der Waals surface area contributed by atoms with Gasteiger partial charge in [0.1, 0.15) is 12.1 Å². The first kappa shape index (κ1) is 27.6. The molecule has 1 fully saturated rings. The van der Waals surface area contributed by atoms with Gasteiger partial charge in [0.15, 0.2) is 0 Å². The van der Waals surface area contributed by atoms with Crippen LogP contribution in [0.5, 0.6) is 0 Å². The topological polar surface area (TPSA) is 123 Å². The third-order valence-electron chi connectivity index (χ3n) is 6.74. The predicted molar refractivity (Wildman–Crippen MR) is 148 cm³/mol.